The number of aliphatic imine (C=N–C) groups is 1. The van der Waals surface area contributed by atoms with Gasteiger partial charge in [0, 0.05) is 13.1 Å². The van der Waals surface area contributed by atoms with Gasteiger partial charge in [-0.3, -0.25) is 0 Å². The van der Waals surface area contributed by atoms with Crippen molar-refractivity contribution in [2.45, 2.75) is 45.6 Å². The van der Waals surface area contributed by atoms with Crippen molar-refractivity contribution in [3.63, 3.8) is 0 Å². The highest BCUT2D eigenvalue weighted by Crippen LogP contribution is 2.56. The number of hydrogen-bond donors (Lipinski definition) is 2. The van der Waals surface area contributed by atoms with Gasteiger partial charge in [0.1, 0.15) is 0 Å². The summed E-state index contributed by atoms with van der Waals surface area (Å²) in [5.74, 6) is 1.95. The maximum atomic E-state index is 4.72. The molecular weight excluding hydrogens is 258 g/mol. The fourth-order valence-corrected chi connectivity index (χ4v) is 3.41. The lowest BCUT2D eigenvalue weighted by Crippen LogP contribution is -2.47. The zero-order valence-electron chi connectivity index (χ0n) is 13.1. The molecule has 2 N–H and O–H groups in total. The maximum Gasteiger partial charge on any atom is 0.191 e. The van der Waals surface area contributed by atoms with Crippen LogP contribution in [0.5, 0.6) is 0 Å². The molecule has 3 nitrogen and oxygen atoms in total. The van der Waals surface area contributed by atoms with E-state index < -0.39 is 0 Å². The fraction of sp³-hybridized carbons (Fsp3) is 0.611. The highest BCUT2D eigenvalue weighted by Gasteiger charge is 2.48. The van der Waals surface area contributed by atoms with Crippen LogP contribution in [-0.2, 0) is 6.54 Å². The Kier molecular flexibility index (Phi) is 4.47. The van der Waals surface area contributed by atoms with Gasteiger partial charge in [-0.25, -0.2) is 4.99 Å². The third-order valence-corrected chi connectivity index (χ3v) is 5.01. The summed E-state index contributed by atoms with van der Waals surface area (Å²) >= 11 is 0. The van der Waals surface area contributed by atoms with Gasteiger partial charge in [-0.05, 0) is 49.5 Å². The van der Waals surface area contributed by atoms with Gasteiger partial charge >= 0.3 is 0 Å². The molecule has 2 saturated carbocycles. The Hall–Kier alpha value is -1.51. The Labute approximate surface area is 128 Å². The lowest BCUT2D eigenvalue weighted by Gasteiger charge is -2.43. The molecule has 0 unspecified atom stereocenters. The van der Waals surface area contributed by atoms with Crippen molar-refractivity contribution < 1.29 is 0 Å². The first-order valence-corrected chi connectivity index (χ1v) is 8.38. The molecule has 21 heavy (non-hydrogen) atoms. The second kappa shape index (κ2) is 6.50. The molecule has 0 heterocycles. The lowest BCUT2D eigenvalue weighted by molar-refractivity contribution is 0.106. The van der Waals surface area contributed by atoms with E-state index in [1.807, 2.05) is 6.07 Å². The predicted molar refractivity (Wildman–Crippen MR) is 88.3 cm³/mol. The van der Waals surface area contributed by atoms with Gasteiger partial charge in [-0.2, -0.15) is 0 Å². The fourth-order valence-electron chi connectivity index (χ4n) is 3.41. The van der Waals surface area contributed by atoms with Crippen molar-refractivity contribution in [1.29, 1.82) is 0 Å². The average molecular weight is 285 g/mol. The smallest absolute Gasteiger partial charge is 0.191 e. The molecule has 0 bridgehead atoms. The van der Waals surface area contributed by atoms with E-state index in [4.69, 9.17) is 4.99 Å². The number of guanidine groups is 1. The summed E-state index contributed by atoms with van der Waals surface area (Å²) in [4.78, 5) is 4.72. The van der Waals surface area contributed by atoms with Gasteiger partial charge in [0.05, 0.1) is 6.54 Å². The van der Waals surface area contributed by atoms with Crippen LogP contribution < -0.4 is 10.6 Å². The number of hydrogen-bond acceptors (Lipinski definition) is 1. The third-order valence-electron chi connectivity index (χ3n) is 5.01. The first-order valence-electron chi connectivity index (χ1n) is 8.38. The highest BCUT2D eigenvalue weighted by atomic mass is 15.2. The molecule has 2 aliphatic rings. The molecule has 2 fully saturated rings. The molecule has 2 aliphatic carbocycles. The van der Waals surface area contributed by atoms with Crippen LogP contribution in [0, 0.1) is 11.3 Å². The Morgan fingerprint density at radius 1 is 1.19 bits per heavy atom. The van der Waals surface area contributed by atoms with Crippen molar-refractivity contribution >= 4 is 5.96 Å². The van der Waals surface area contributed by atoms with Crippen molar-refractivity contribution in [2.24, 2.45) is 16.3 Å². The molecule has 0 atom stereocenters. The van der Waals surface area contributed by atoms with E-state index in [1.54, 1.807) is 0 Å². The van der Waals surface area contributed by atoms with Crippen LogP contribution in [0.2, 0.25) is 0 Å². The van der Waals surface area contributed by atoms with Crippen LogP contribution in [0.25, 0.3) is 0 Å². The molecule has 0 radical (unpaired) electrons. The summed E-state index contributed by atoms with van der Waals surface area (Å²) in [6.45, 7) is 4.88. The molecule has 1 aromatic carbocycles. The molecule has 114 valence electrons. The van der Waals surface area contributed by atoms with E-state index in [0.717, 1.165) is 31.5 Å². The molecule has 3 rings (SSSR count). The predicted octanol–water partition coefficient (Wildman–Crippen LogP) is 3.32. The normalized spacial score (nSPS) is 20.7. The van der Waals surface area contributed by atoms with Crippen LogP contribution in [-0.4, -0.2) is 19.0 Å². The monoisotopic (exact) mass is 285 g/mol. The summed E-state index contributed by atoms with van der Waals surface area (Å²) in [6, 6.07) is 10.4. The van der Waals surface area contributed by atoms with Crippen LogP contribution in [0.15, 0.2) is 35.3 Å². The summed E-state index contributed by atoms with van der Waals surface area (Å²) in [5, 5.41) is 6.97. The van der Waals surface area contributed by atoms with E-state index in [-0.39, 0.29) is 0 Å². The summed E-state index contributed by atoms with van der Waals surface area (Å²) in [6.07, 6.45) is 7.11. The van der Waals surface area contributed by atoms with Gasteiger partial charge < -0.3 is 10.6 Å². The van der Waals surface area contributed by atoms with Gasteiger partial charge in [0.25, 0.3) is 0 Å². The van der Waals surface area contributed by atoms with Crippen molar-refractivity contribution in [3.05, 3.63) is 35.9 Å². The Morgan fingerprint density at radius 2 is 1.95 bits per heavy atom. The minimum Gasteiger partial charge on any atom is -0.357 e. The van der Waals surface area contributed by atoms with Crippen LogP contribution in [0.4, 0.5) is 0 Å². The Morgan fingerprint density at radius 3 is 2.52 bits per heavy atom. The minimum atomic E-state index is 0.586. The van der Waals surface area contributed by atoms with Crippen molar-refractivity contribution in [3.8, 4) is 0 Å². The van der Waals surface area contributed by atoms with Crippen LogP contribution >= 0.6 is 0 Å². The van der Waals surface area contributed by atoms with E-state index in [9.17, 15) is 0 Å². The molecule has 3 heteroatoms. The first-order chi connectivity index (χ1) is 10.3. The molecule has 0 aromatic heterocycles. The molecule has 0 amide bonds. The van der Waals surface area contributed by atoms with Gasteiger partial charge in [0.2, 0.25) is 0 Å². The van der Waals surface area contributed by atoms with Crippen LogP contribution in [0.3, 0.4) is 0 Å². The second-order valence-corrected chi connectivity index (χ2v) is 6.52. The quantitative estimate of drug-likeness (QED) is 0.621. The number of nitrogens with zero attached hydrogens (tertiary/aromatic N) is 1. The van der Waals surface area contributed by atoms with E-state index in [0.29, 0.717) is 5.41 Å². The zero-order chi connectivity index (χ0) is 14.5. The first kappa shape index (κ1) is 14.4. The molecule has 0 spiro atoms. The maximum absolute atomic E-state index is 4.72. The molecular formula is C18H27N3. The molecule has 0 aliphatic heterocycles. The van der Waals surface area contributed by atoms with E-state index in [2.05, 4.69) is 41.8 Å². The van der Waals surface area contributed by atoms with Crippen molar-refractivity contribution in [1.82, 2.24) is 10.6 Å². The lowest BCUT2D eigenvalue weighted by atomic mass is 9.65. The minimum absolute atomic E-state index is 0.586. The Bertz CT molecular complexity index is 472. The standard InChI is InChI=1S/C18H27N3/c1-2-19-17(20-13-15-7-4-3-5-8-15)21-14-18(11-6-12-18)16-9-10-16/h3-5,7-8,16H,2,6,9-14H2,1H3,(H2,19,20,21). The summed E-state index contributed by atoms with van der Waals surface area (Å²) in [7, 11) is 0. The zero-order valence-corrected chi connectivity index (χ0v) is 13.1. The third kappa shape index (κ3) is 3.58. The summed E-state index contributed by atoms with van der Waals surface area (Å²) in [5.41, 5.74) is 1.85. The van der Waals surface area contributed by atoms with Gasteiger partial charge in [-0.15, -0.1) is 0 Å². The Balaban J connectivity index is 1.56. The van der Waals surface area contributed by atoms with E-state index in [1.165, 1.54) is 37.7 Å². The largest absolute Gasteiger partial charge is 0.357 e. The van der Waals surface area contributed by atoms with Gasteiger partial charge in [0.15, 0.2) is 5.96 Å². The SMILES string of the molecule is CCNC(=NCc1ccccc1)NCC1(C2CC2)CCC1. The van der Waals surface area contributed by atoms with Gasteiger partial charge in [-0.1, -0.05) is 36.8 Å². The topological polar surface area (TPSA) is 36.4 Å². The molecule has 1 aromatic rings. The highest BCUT2D eigenvalue weighted by molar-refractivity contribution is 5.79. The number of rotatable bonds is 6. The number of nitrogens with one attached hydrogen (secondary N) is 2. The van der Waals surface area contributed by atoms with Crippen molar-refractivity contribution in [2.75, 3.05) is 13.1 Å². The second-order valence-electron chi connectivity index (χ2n) is 6.52. The number of benzene rings is 1. The molecule has 0 saturated heterocycles. The summed E-state index contributed by atoms with van der Waals surface area (Å²) < 4.78 is 0. The average Bonchev–Trinajstić information content (AvgIpc) is 3.29. The van der Waals surface area contributed by atoms with E-state index >= 15 is 0 Å². The van der Waals surface area contributed by atoms with Crippen LogP contribution in [0.1, 0.15) is 44.6 Å².